The molecule has 9 unspecified atom stereocenters. The lowest BCUT2D eigenvalue weighted by molar-refractivity contribution is -0.330. The largest absolute Gasteiger partial charge is 0.395 e. The summed E-state index contributed by atoms with van der Waals surface area (Å²) in [4.78, 5) is 13.4. The van der Waals surface area contributed by atoms with Gasteiger partial charge in [-0.25, -0.2) is 0 Å². The molecule has 1 spiro atoms. The molecule has 2 saturated carbocycles. The fraction of sp³-hybridized carbons (Fsp3) is 0.857. The van der Waals surface area contributed by atoms with Gasteiger partial charge >= 0.3 is 0 Å². The molecule has 1 heterocycles. The fourth-order valence-corrected chi connectivity index (χ4v) is 6.10. The van der Waals surface area contributed by atoms with Gasteiger partial charge in [0.2, 0.25) is 0 Å². The Hall–Kier alpha value is -0.910. The number of Topliss-reactive ketones (excluding diaryl/α,β-unsaturated/α-hetero) is 1. The average Bonchev–Trinajstić information content (AvgIpc) is 3.46. The van der Waals surface area contributed by atoms with Gasteiger partial charge in [0.1, 0.15) is 35.8 Å². The number of aliphatic hydroxyl groups is 6. The van der Waals surface area contributed by atoms with E-state index in [1.54, 1.807) is 19.9 Å². The third kappa shape index (κ3) is 2.74. The van der Waals surface area contributed by atoms with Gasteiger partial charge in [0.25, 0.3) is 0 Å². The van der Waals surface area contributed by atoms with Crippen molar-refractivity contribution < 1.29 is 44.9 Å². The third-order valence-corrected chi connectivity index (χ3v) is 8.04. The predicted molar refractivity (Wildman–Crippen MR) is 102 cm³/mol. The Kier molecular flexibility index (Phi) is 5.05. The Bertz CT molecular complexity index is 758. The van der Waals surface area contributed by atoms with Gasteiger partial charge in [-0.1, -0.05) is 18.6 Å². The van der Waals surface area contributed by atoms with Crippen molar-refractivity contribution in [2.75, 3.05) is 13.2 Å². The van der Waals surface area contributed by atoms with Crippen LogP contribution in [0.5, 0.6) is 0 Å². The second-order valence-corrected chi connectivity index (χ2v) is 10.0. The van der Waals surface area contributed by atoms with Gasteiger partial charge in [0.15, 0.2) is 6.29 Å². The number of ether oxygens (including phenoxy) is 2. The molecule has 0 bridgehead atoms. The molecule has 0 radical (unpaired) electrons. The van der Waals surface area contributed by atoms with Crippen molar-refractivity contribution in [2.45, 2.75) is 81.9 Å². The van der Waals surface area contributed by atoms with Crippen molar-refractivity contribution in [1.29, 1.82) is 0 Å². The van der Waals surface area contributed by atoms with Gasteiger partial charge in [0.05, 0.1) is 30.1 Å². The fourth-order valence-electron chi connectivity index (χ4n) is 6.10. The summed E-state index contributed by atoms with van der Waals surface area (Å²) < 4.78 is 11.7. The first-order valence-electron chi connectivity index (χ1n) is 10.4. The minimum Gasteiger partial charge on any atom is -0.395 e. The molecule has 0 aromatic heterocycles. The molecule has 1 saturated heterocycles. The maximum absolute atomic E-state index is 13.4. The lowest BCUT2D eigenvalue weighted by Gasteiger charge is -2.51. The molecule has 0 aromatic rings. The molecular weight excluding hydrogens is 396 g/mol. The molecule has 4 aliphatic rings. The summed E-state index contributed by atoms with van der Waals surface area (Å²) >= 11 is 0. The van der Waals surface area contributed by atoms with E-state index in [1.807, 2.05) is 6.92 Å². The quantitative estimate of drug-likeness (QED) is 0.297. The minimum absolute atomic E-state index is 0.0542. The van der Waals surface area contributed by atoms with E-state index in [4.69, 9.17) is 9.47 Å². The summed E-state index contributed by atoms with van der Waals surface area (Å²) in [6, 6.07) is 0. The topological polar surface area (TPSA) is 157 Å². The highest BCUT2D eigenvalue weighted by molar-refractivity contribution is 5.93. The van der Waals surface area contributed by atoms with Crippen LogP contribution in [0, 0.1) is 16.7 Å². The SMILES string of the molecule is CC1=CC2(OC3OC(CO)C(O)C(O)C3O)CC(C)(CO)C(=O)C2C(C)(O)C12CC2. The molecule has 9 nitrogen and oxygen atoms in total. The van der Waals surface area contributed by atoms with E-state index in [2.05, 4.69) is 0 Å². The highest BCUT2D eigenvalue weighted by Gasteiger charge is 2.74. The molecule has 170 valence electrons. The highest BCUT2D eigenvalue weighted by Crippen LogP contribution is 2.69. The Labute approximate surface area is 174 Å². The first-order valence-corrected chi connectivity index (χ1v) is 10.4. The van der Waals surface area contributed by atoms with Crippen LogP contribution in [0.1, 0.15) is 40.0 Å². The third-order valence-electron chi connectivity index (χ3n) is 8.04. The number of hydrogen-bond donors (Lipinski definition) is 6. The number of carbonyl (C=O) groups excluding carboxylic acids is 1. The minimum atomic E-state index is -1.63. The van der Waals surface area contributed by atoms with Crippen molar-refractivity contribution in [3.63, 3.8) is 0 Å². The smallest absolute Gasteiger partial charge is 0.187 e. The van der Waals surface area contributed by atoms with Crippen LogP contribution in [0.4, 0.5) is 0 Å². The van der Waals surface area contributed by atoms with Crippen LogP contribution in [-0.4, -0.2) is 91.5 Å². The second-order valence-electron chi connectivity index (χ2n) is 10.0. The van der Waals surface area contributed by atoms with Crippen molar-refractivity contribution in [3.8, 4) is 0 Å². The Morgan fingerprint density at radius 3 is 2.30 bits per heavy atom. The zero-order chi connectivity index (χ0) is 22.3. The lowest BCUT2D eigenvalue weighted by atomic mass is 9.61. The number of ketones is 1. The predicted octanol–water partition coefficient (Wildman–Crippen LogP) is -1.38. The van der Waals surface area contributed by atoms with Gasteiger partial charge in [0, 0.05) is 5.41 Å². The molecule has 6 N–H and O–H groups in total. The van der Waals surface area contributed by atoms with Gasteiger partial charge in [-0.05, 0) is 33.1 Å². The maximum Gasteiger partial charge on any atom is 0.187 e. The van der Waals surface area contributed by atoms with Crippen molar-refractivity contribution in [1.82, 2.24) is 0 Å². The summed E-state index contributed by atoms with van der Waals surface area (Å²) in [5, 5.41) is 61.7. The van der Waals surface area contributed by atoms with E-state index in [-0.39, 0.29) is 12.2 Å². The number of fused-ring (bicyclic) bond motifs is 1. The van der Waals surface area contributed by atoms with Gasteiger partial charge < -0.3 is 40.1 Å². The summed E-state index contributed by atoms with van der Waals surface area (Å²) in [6.45, 7) is 4.07. The molecule has 3 fully saturated rings. The maximum atomic E-state index is 13.4. The Balaban J connectivity index is 1.77. The first kappa shape index (κ1) is 22.3. The van der Waals surface area contributed by atoms with E-state index in [0.29, 0.717) is 0 Å². The van der Waals surface area contributed by atoms with Crippen LogP contribution in [-0.2, 0) is 14.3 Å². The monoisotopic (exact) mass is 428 g/mol. The Morgan fingerprint density at radius 2 is 1.77 bits per heavy atom. The zero-order valence-corrected chi connectivity index (χ0v) is 17.5. The molecule has 9 atom stereocenters. The van der Waals surface area contributed by atoms with Crippen molar-refractivity contribution in [2.24, 2.45) is 16.7 Å². The van der Waals surface area contributed by atoms with Crippen LogP contribution in [0.25, 0.3) is 0 Å². The van der Waals surface area contributed by atoms with Crippen LogP contribution in [0.2, 0.25) is 0 Å². The van der Waals surface area contributed by atoms with E-state index < -0.39 is 71.9 Å². The molecule has 3 aliphatic carbocycles. The van der Waals surface area contributed by atoms with Gasteiger partial charge in [-0.15, -0.1) is 0 Å². The van der Waals surface area contributed by atoms with Crippen LogP contribution < -0.4 is 0 Å². The standard InChI is InChI=1S/C21H32O9/c1-10-6-21(30-17-14(26)13(25)12(24)11(7-22)29-17)8-18(2,9-23)16(27)15(21)19(3,28)20(10)4-5-20/h6,11-15,17,22-26,28H,4-5,7-9H2,1-3H3. The number of aliphatic hydroxyl groups excluding tert-OH is 5. The van der Waals surface area contributed by atoms with E-state index in [9.17, 15) is 35.4 Å². The number of carbonyl (C=O) groups is 1. The molecule has 0 aromatic carbocycles. The second kappa shape index (κ2) is 6.79. The molecule has 30 heavy (non-hydrogen) atoms. The van der Waals surface area contributed by atoms with E-state index in [0.717, 1.165) is 18.4 Å². The van der Waals surface area contributed by atoms with Crippen molar-refractivity contribution >= 4 is 5.78 Å². The van der Waals surface area contributed by atoms with Crippen molar-refractivity contribution in [3.05, 3.63) is 11.6 Å². The molecule has 9 heteroatoms. The summed E-state index contributed by atoms with van der Waals surface area (Å²) in [6.07, 6.45) is -4.09. The molecule has 0 amide bonds. The van der Waals surface area contributed by atoms with Crippen LogP contribution in [0.3, 0.4) is 0 Å². The normalized spacial score (nSPS) is 52.3. The summed E-state index contributed by atoms with van der Waals surface area (Å²) in [7, 11) is 0. The van der Waals surface area contributed by atoms with E-state index in [1.165, 1.54) is 0 Å². The number of hydrogen-bond acceptors (Lipinski definition) is 9. The summed E-state index contributed by atoms with van der Waals surface area (Å²) in [5.41, 5.74) is -3.66. The van der Waals surface area contributed by atoms with Gasteiger partial charge in [-0.2, -0.15) is 0 Å². The lowest BCUT2D eigenvalue weighted by Crippen LogP contribution is -2.64. The van der Waals surface area contributed by atoms with Gasteiger partial charge in [-0.3, -0.25) is 4.79 Å². The molecule has 1 aliphatic heterocycles. The molecular formula is C21H32O9. The van der Waals surface area contributed by atoms with Crippen LogP contribution in [0.15, 0.2) is 11.6 Å². The highest BCUT2D eigenvalue weighted by atomic mass is 16.7. The summed E-state index contributed by atoms with van der Waals surface area (Å²) in [5.74, 6) is -1.34. The average molecular weight is 428 g/mol. The zero-order valence-electron chi connectivity index (χ0n) is 17.5. The van der Waals surface area contributed by atoms with E-state index >= 15 is 0 Å². The first-order chi connectivity index (χ1) is 13.9. The Morgan fingerprint density at radius 1 is 1.13 bits per heavy atom. The number of rotatable bonds is 4. The van der Waals surface area contributed by atoms with Crippen LogP contribution >= 0.6 is 0 Å². The molecule has 4 rings (SSSR count).